The van der Waals surface area contributed by atoms with Crippen LogP contribution in [0.25, 0.3) is 12.2 Å². The van der Waals surface area contributed by atoms with E-state index in [1.54, 1.807) is 0 Å². The van der Waals surface area contributed by atoms with E-state index >= 15 is 0 Å². The first-order chi connectivity index (χ1) is 30.8. The molecule has 0 spiro atoms. The van der Waals surface area contributed by atoms with Crippen LogP contribution < -0.4 is 89.8 Å². The first-order valence-corrected chi connectivity index (χ1v) is 22.8. The van der Waals surface area contributed by atoms with Gasteiger partial charge < -0.3 is 28.4 Å². The molecule has 0 unspecified atom stereocenters. The van der Waals surface area contributed by atoms with Crippen LogP contribution in [0.5, 0.6) is 0 Å². The average molecular weight is 953 g/mol. The van der Waals surface area contributed by atoms with Gasteiger partial charge in [-0.05, 0) is 73.5 Å². The number of hydrogen-bond acceptors (Lipinski definition) is 20. The van der Waals surface area contributed by atoms with Crippen LogP contribution in [-0.4, -0.2) is 108 Å². The summed E-state index contributed by atoms with van der Waals surface area (Å²) >= 11 is 0. The van der Waals surface area contributed by atoms with E-state index in [-0.39, 0.29) is 93.5 Å². The van der Waals surface area contributed by atoms with E-state index < -0.39 is 30.0 Å². The molecule has 24 heteroatoms. The molecule has 2 fully saturated rings. The molecule has 2 aliphatic heterocycles. The maximum atomic E-state index is 12.9. The minimum absolute atomic E-state index is 0. The van der Waals surface area contributed by atoms with Crippen molar-refractivity contribution in [3.63, 3.8) is 0 Å². The summed E-state index contributed by atoms with van der Waals surface area (Å²) in [5.74, 6) is 0.937. The normalized spacial score (nSPS) is 14.2. The van der Waals surface area contributed by atoms with Crippen LogP contribution >= 0.6 is 0 Å². The van der Waals surface area contributed by atoms with Crippen LogP contribution in [0.2, 0.25) is 0 Å². The Bertz CT molecular complexity index is 2680. The number of ether oxygens (including phenoxy) is 2. The molecule has 2 N–H and O–H groups in total. The predicted octanol–water partition coefficient (Wildman–Crippen LogP) is -1.34. The molecule has 0 radical (unpaired) electrons. The van der Waals surface area contributed by atoms with Crippen LogP contribution in [0, 0.1) is 13.8 Å². The fourth-order valence-corrected chi connectivity index (χ4v) is 8.17. The van der Waals surface area contributed by atoms with Crippen molar-refractivity contribution < 1.29 is 94.5 Å². The van der Waals surface area contributed by atoms with Gasteiger partial charge in [-0.1, -0.05) is 59.7 Å². The van der Waals surface area contributed by atoms with Crippen molar-refractivity contribution in [1.29, 1.82) is 0 Å². The Labute approximate surface area is 426 Å². The monoisotopic (exact) mass is 952 g/mol. The number of aryl methyl sites for hydroxylation is 2. The summed E-state index contributed by atoms with van der Waals surface area (Å²) in [6.45, 7) is 7.99. The Morgan fingerprint density at radius 3 is 1.27 bits per heavy atom. The van der Waals surface area contributed by atoms with E-state index in [2.05, 4.69) is 40.8 Å². The summed E-state index contributed by atoms with van der Waals surface area (Å²) in [7, 11) is -10.3. The van der Waals surface area contributed by atoms with E-state index in [0.717, 1.165) is 23.3 Å². The number of rotatable bonds is 14. The van der Waals surface area contributed by atoms with Gasteiger partial charge in [0.05, 0.1) is 59.0 Å². The maximum Gasteiger partial charge on any atom is 1.00 e. The molecule has 8 rings (SSSR count). The molecular formula is C42H42N12Na2O8S2. The Hall–Kier alpha value is -4.82. The Morgan fingerprint density at radius 2 is 0.924 bits per heavy atom. The molecule has 0 atom stereocenters. The van der Waals surface area contributed by atoms with Gasteiger partial charge in [-0.2, -0.15) is 19.9 Å². The van der Waals surface area contributed by atoms with Crippen molar-refractivity contribution in [1.82, 2.24) is 29.9 Å². The fourth-order valence-electron chi connectivity index (χ4n) is 6.79. The standard InChI is InChI=1S/C42H44N12O8S2.2Na/c1-29-3-11-33(12-4-29)49-53(41-45-27-43-39(47-41)51-17-21-61-22-18-51)35-15-9-31(37(25-35)63(55,56)57)7-8-32-10-16-36(26-38(32)64(58,59)60)54(50-34-13-5-30(2)6-14-34)42-46-28-44-40(48-42)52-19-23-62-24-20-52;;/h3-16,25-28,49-50H,17-24H2,1-2H3,(H,55,56,57)(H,58,59,60);;/q;2*+1/p-2. The predicted molar refractivity (Wildman–Crippen MR) is 237 cm³/mol. The van der Waals surface area contributed by atoms with Crippen molar-refractivity contribution in [2.75, 3.05) is 83.3 Å². The zero-order chi connectivity index (χ0) is 44.8. The minimum Gasteiger partial charge on any atom is -0.744 e. The van der Waals surface area contributed by atoms with Crippen molar-refractivity contribution >= 4 is 78.9 Å². The van der Waals surface area contributed by atoms with E-state index in [4.69, 9.17) is 9.47 Å². The Balaban J connectivity index is 0.00000360. The molecule has 0 aliphatic carbocycles. The van der Waals surface area contributed by atoms with Gasteiger partial charge in [-0.3, -0.25) is 10.9 Å². The topological polar surface area (TPSA) is 247 Å². The number of morpholine rings is 2. The number of anilines is 8. The Kier molecular flexibility index (Phi) is 17.1. The number of nitrogens with one attached hydrogen (secondary N) is 2. The second kappa shape index (κ2) is 22.3. The van der Waals surface area contributed by atoms with Crippen molar-refractivity contribution in [2.45, 2.75) is 23.6 Å². The molecule has 66 heavy (non-hydrogen) atoms. The van der Waals surface area contributed by atoms with Gasteiger partial charge in [0.15, 0.2) is 0 Å². The van der Waals surface area contributed by atoms with Gasteiger partial charge in [-0.25, -0.2) is 36.8 Å². The van der Waals surface area contributed by atoms with Crippen molar-refractivity contribution in [2.24, 2.45) is 0 Å². The minimum atomic E-state index is -5.17. The SMILES string of the molecule is Cc1ccc(NN(c2ccc(C=Cc3ccc(N(Nc4ccc(C)cc4)c4ncnc(N5CCOCC5)n4)cc3S(=O)(=O)[O-])c(S(=O)(=O)[O-])c2)c2ncnc(N3CCOCC3)n2)cc1.[Na+].[Na+]. The third-order valence-electron chi connectivity index (χ3n) is 10.2. The summed E-state index contributed by atoms with van der Waals surface area (Å²) in [5.41, 5.74) is 9.80. The fraction of sp³-hybridized carbons (Fsp3) is 0.238. The van der Waals surface area contributed by atoms with Crippen LogP contribution in [0.3, 0.4) is 0 Å². The van der Waals surface area contributed by atoms with Gasteiger partial charge in [0.2, 0.25) is 11.9 Å². The number of nitrogens with zero attached hydrogens (tertiary/aromatic N) is 10. The van der Waals surface area contributed by atoms with Crippen LogP contribution in [-0.2, 0) is 29.7 Å². The van der Waals surface area contributed by atoms with E-state index in [9.17, 15) is 25.9 Å². The van der Waals surface area contributed by atoms with E-state index in [1.807, 2.05) is 72.2 Å². The summed E-state index contributed by atoms with van der Waals surface area (Å²) in [4.78, 5) is 29.3. The van der Waals surface area contributed by atoms with Gasteiger partial charge in [0, 0.05) is 26.2 Å². The van der Waals surface area contributed by atoms with Gasteiger partial charge in [-0.15, -0.1) is 0 Å². The number of hydrogen-bond donors (Lipinski definition) is 2. The molecule has 6 aromatic rings. The smallest absolute Gasteiger partial charge is 0.744 e. The molecule has 4 aromatic carbocycles. The molecule has 2 aromatic heterocycles. The zero-order valence-corrected chi connectivity index (χ0v) is 42.2. The first-order valence-electron chi connectivity index (χ1n) is 20.0. The summed E-state index contributed by atoms with van der Waals surface area (Å²) in [6, 6.07) is 22.9. The molecular weight excluding hydrogens is 911 g/mol. The van der Waals surface area contributed by atoms with E-state index in [0.29, 0.717) is 75.9 Å². The second-order valence-corrected chi connectivity index (χ2v) is 17.4. The van der Waals surface area contributed by atoms with E-state index in [1.165, 1.54) is 59.1 Å². The molecule has 0 saturated carbocycles. The molecule has 2 saturated heterocycles. The van der Waals surface area contributed by atoms with Gasteiger partial charge in [0.25, 0.3) is 11.9 Å². The number of aromatic nitrogens is 6. The molecule has 0 amide bonds. The summed E-state index contributed by atoms with van der Waals surface area (Å²) in [5, 5.41) is 2.85. The molecule has 4 heterocycles. The average Bonchev–Trinajstić information content (AvgIpc) is 3.30. The third kappa shape index (κ3) is 12.6. The van der Waals surface area contributed by atoms with Crippen molar-refractivity contribution in [3.05, 3.63) is 120 Å². The zero-order valence-electron chi connectivity index (χ0n) is 36.6. The summed E-state index contributed by atoms with van der Waals surface area (Å²) < 4.78 is 88.6. The molecule has 332 valence electrons. The molecule has 20 nitrogen and oxygen atoms in total. The first kappa shape index (κ1) is 50.6. The van der Waals surface area contributed by atoms with Gasteiger partial charge >= 0.3 is 59.1 Å². The number of benzene rings is 4. The van der Waals surface area contributed by atoms with Crippen molar-refractivity contribution in [3.8, 4) is 0 Å². The summed E-state index contributed by atoms with van der Waals surface area (Å²) in [6.07, 6.45) is 5.16. The van der Waals surface area contributed by atoms with Crippen LogP contribution in [0.1, 0.15) is 22.3 Å². The largest absolute Gasteiger partial charge is 1.00 e. The number of hydrazine groups is 2. The molecule has 0 bridgehead atoms. The molecule has 2 aliphatic rings. The van der Waals surface area contributed by atoms with Crippen LogP contribution in [0.15, 0.2) is 107 Å². The van der Waals surface area contributed by atoms with Gasteiger partial charge in [0.1, 0.15) is 32.9 Å². The quantitative estimate of drug-likeness (QED) is 0.0555. The van der Waals surface area contributed by atoms with Crippen LogP contribution in [0.4, 0.5) is 46.5 Å². The Morgan fingerprint density at radius 1 is 0.561 bits per heavy atom. The third-order valence-corrected chi connectivity index (χ3v) is 11.9. The second-order valence-electron chi connectivity index (χ2n) is 14.7. The maximum absolute atomic E-state index is 12.9.